The molecule has 0 spiro atoms. The van der Waals surface area contributed by atoms with E-state index in [0.29, 0.717) is 17.0 Å². The molecule has 142 valence electrons. The first kappa shape index (κ1) is 20.4. The van der Waals surface area contributed by atoms with E-state index in [0.717, 1.165) is 11.8 Å². The molecule has 0 radical (unpaired) electrons. The van der Waals surface area contributed by atoms with Crippen LogP contribution in [0.3, 0.4) is 0 Å². The van der Waals surface area contributed by atoms with E-state index in [1.807, 2.05) is 0 Å². The van der Waals surface area contributed by atoms with Crippen molar-refractivity contribution in [3.8, 4) is 0 Å². The fourth-order valence-corrected chi connectivity index (χ4v) is 2.87. The molecule has 2 rings (SSSR count). The quantitative estimate of drug-likeness (QED) is 0.561. The highest BCUT2D eigenvalue weighted by Gasteiger charge is 2.26. The number of thioether (sulfide) groups is 1. The molecule has 0 aliphatic carbocycles. The molecule has 0 saturated heterocycles. The largest absolute Gasteiger partial charge is 0.447 e. The highest BCUT2D eigenvalue weighted by molar-refractivity contribution is 8.00. The Bertz CT molecular complexity index is 801. The minimum Gasteiger partial charge on any atom is -0.447 e. The number of amides is 3. The molecule has 8 heteroatoms. The Morgan fingerprint density at radius 2 is 1.74 bits per heavy atom. The molecule has 0 saturated carbocycles. The third-order valence-electron chi connectivity index (χ3n) is 3.35. The van der Waals surface area contributed by atoms with Crippen LogP contribution in [0.4, 0.5) is 9.18 Å². The van der Waals surface area contributed by atoms with Crippen LogP contribution in [0.25, 0.3) is 0 Å². The highest BCUT2D eigenvalue weighted by atomic mass is 32.2. The van der Waals surface area contributed by atoms with Crippen LogP contribution in [0.2, 0.25) is 0 Å². The zero-order chi connectivity index (χ0) is 19.6. The molecule has 0 aliphatic heterocycles. The summed E-state index contributed by atoms with van der Waals surface area (Å²) >= 11 is 0.966. The van der Waals surface area contributed by atoms with Crippen LogP contribution >= 0.6 is 11.8 Å². The molecule has 27 heavy (non-hydrogen) atoms. The highest BCUT2D eigenvalue weighted by Crippen LogP contribution is 2.23. The molecule has 2 aromatic carbocycles. The summed E-state index contributed by atoms with van der Waals surface area (Å²) in [5.41, 5.74) is 0.420. The van der Waals surface area contributed by atoms with Crippen molar-refractivity contribution >= 4 is 29.7 Å². The van der Waals surface area contributed by atoms with Crippen molar-refractivity contribution < 1.29 is 23.5 Å². The molecule has 0 aromatic heterocycles. The Morgan fingerprint density at radius 1 is 1.07 bits per heavy atom. The SMILES string of the molecule is CCNC(=O)NC(=O)[C@@H](OC(=O)CSc1ccccc1F)c1ccccc1. The van der Waals surface area contributed by atoms with E-state index in [-0.39, 0.29) is 5.75 Å². The second kappa shape index (κ2) is 10.3. The second-order valence-electron chi connectivity index (χ2n) is 5.35. The van der Waals surface area contributed by atoms with Gasteiger partial charge in [-0.05, 0) is 19.1 Å². The molecule has 2 N–H and O–H groups in total. The summed E-state index contributed by atoms with van der Waals surface area (Å²) in [5, 5.41) is 4.57. The van der Waals surface area contributed by atoms with Gasteiger partial charge in [0.15, 0.2) is 0 Å². The van der Waals surface area contributed by atoms with E-state index in [9.17, 15) is 18.8 Å². The summed E-state index contributed by atoms with van der Waals surface area (Å²) in [6, 6.07) is 13.7. The number of imide groups is 1. The van der Waals surface area contributed by atoms with Crippen LogP contribution in [0.1, 0.15) is 18.6 Å². The molecule has 3 amide bonds. The van der Waals surface area contributed by atoms with Crippen molar-refractivity contribution in [2.45, 2.75) is 17.9 Å². The first-order valence-corrected chi connectivity index (χ1v) is 9.20. The van der Waals surface area contributed by atoms with Gasteiger partial charge in [0.1, 0.15) is 5.82 Å². The van der Waals surface area contributed by atoms with Gasteiger partial charge in [-0.2, -0.15) is 0 Å². The molecule has 0 heterocycles. The van der Waals surface area contributed by atoms with Gasteiger partial charge < -0.3 is 10.1 Å². The number of nitrogens with one attached hydrogen (secondary N) is 2. The lowest BCUT2D eigenvalue weighted by Gasteiger charge is -2.17. The molecule has 0 unspecified atom stereocenters. The Balaban J connectivity index is 2.05. The summed E-state index contributed by atoms with van der Waals surface area (Å²) in [6.07, 6.45) is -1.29. The first-order chi connectivity index (χ1) is 13.0. The Labute approximate surface area is 160 Å². The average molecular weight is 390 g/mol. The monoisotopic (exact) mass is 390 g/mol. The van der Waals surface area contributed by atoms with E-state index >= 15 is 0 Å². The number of ether oxygens (including phenoxy) is 1. The predicted octanol–water partition coefficient (Wildman–Crippen LogP) is 3.05. The van der Waals surface area contributed by atoms with Crippen molar-refractivity contribution in [1.29, 1.82) is 0 Å². The van der Waals surface area contributed by atoms with Crippen LogP contribution in [-0.4, -0.2) is 30.2 Å². The molecular formula is C19H19FN2O4S. The topological polar surface area (TPSA) is 84.5 Å². The molecule has 0 bridgehead atoms. The van der Waals surface area contributed by atoms with Gasteiger partial charge in [0.05, 0.1) is 5.75 Å². The standard InChI is InChI=1S/C19H19FN2O4S/c1-2-21-19(25)22-18(24)17(13-8-4-3-5-9-13)26-16(23)12-27-15-11-7-6-10-14(15)20/h3-11,17H,2,12H2,1H3,(H2,21,22,24,25)/t17-/m0/s1. The first-order valence-electron chi connectivity index (χ1n) is 8.21. The normalized spacial score (nSPS) is 11.3. The van der Waals surface area contributed by atoms with Gasteiger partial charge in [-0.1, -0.05) is 42.5 Å². The lowest BCUT2D eigenvalue weighted by atomic mass is 10.1. The van der Waals surface area contributed by atoms with Crippen LogP contribution < -0.4 is 10.6 Å². The second-order valence-corrected chi connectivity index (χ2v) is 6.37. The summed E-state index contributed by atoms with van der Waals surface area (Å²) < 4.78 is 18.9. The van der Waals surface area contributed by atoms with Crippen molar-refractivity contribution in [3.63, 3.8) is 0 Å². The van der Waals surface area contributed by atoms with Crippen LogP contribution in [-0.2, 0) is 14.3 Å². The number of carbonyl (C=O) groups excluding carboxylic acids is 3. The van der Waals surface area contributed by atoms with E-state index in [1.54, 1.807) is 55.5 Å². The maximum atomic E-state index is 13.6. The van der Waals surface area contributed by atoms with Gasteiger partial charge in [-0.15, -0.1) is 11.8 Å². The Morgan fingerprint density at radius 3 is 2.41 bits per heavy atom. The molecule has 2 aromatic rings. The minimum atomic E-state index is -1.29. The lowest BCUT2D eigenvalue weighted by Crippen LogP contribution is -2.42. The zero-order valence-electron chi connectivity index (χ0n) is 14.6. The molecule has 6 nitrogen and oxygen atoms in total. The maximum Gasteiger partial charge on any atom is 0.321 e. The Hall–Kier alpha value is -2.87. The van der Waals surface area contributed by atoms with Crippen LogP contribution in [0.15, 0.2) is 59.5 Å². The summed E-state index contributed by atoms with van der Waals surface area (Å²) in [6.45, 7) is 2.05. The number of halogens is 1. The fourth-order valence-electron chi connectivity index (χ4n) is 2.15. The number of hydrogen-bond donors (Lipinski definition) is 2. The van der Waals surface area contributed by atoms with Gasteiger partial charge >= 0.3 is 12.0 Å². The third kappa shape index (κ3) is 6.41. The van der Waals surface area contributed by atoms with Crippen LogP contribution in [0, 0.1) is 5.82 Å². The summed E-state index contributed by atoms with van der Waals surface area (Å²) in [7, 11) is 0. The maximum absolute atomic E-state index is 13.6. The van der Waals surface area contributed by atoms with Crippen molar-refractivity contribution in [2.75, 3.05) is 12.3 Å². The molecular weight excluding hydrogens is 371 g/mol. The van der Waals surface area contributed by atoms with E-state index < -0.39 is 29.8 Å². The van der Waals surface area contributed by atoms with E-state index in [1.165, 1.54) is 6.07 Å². The number of urea groups is 1. The van der Waals surface area contributed by atoms with E-state index in [2.05, 4.69) is 10.6 Å². The van der Waals surface area contributed by atoms with Crippen LogP contribution in [0.5, 0.6) is 0 Å². The summed E-state index contributed by atoms with van der Waals surface area (Å²) in [4.78, 5) is 36.5. The van der Waals surface area contributed by atoms with Gasteiger partial charge in [-0.3, -0.25) is 14.9 Å². The summed E-state index contributed by atoms with van der Waals surface area (Å²) in [5.74, 6) is -2.10. The molecule has 0 fully saturated rings. The molecule has 0 aliphatic rings. The predicted molar refractivity (Wildman–Crippen MR) is 99.6 cm³/mol. The number of benzene rings is 2. The third-order valence-corrected chi connectivity index (χ3v) is 4.37. The number of rotatable bonds is 7. The van der Waals surface area contributed by atoms with Gasteiger partial charge in [0, 0.05) is 17.0 Å². The van der Waals surface area contributed by atoms with Gasteiger partial charge in [-0.25, -0.2) is 9.18 Å². The van der Waals surface area contributed by atoms with Gasteiger partial charge in [0.2, 0.25) is 6.10 Å². The van der Waals surface area contributed by atoms with Crippen molar-refractivity contribution in [1.82, 2.24) is 10.6 Å². The molecule has 1 atom stereocenters. The fraction of sp³-hybridized carbons (Fsp3) is 0.211. The van der Waals surface area contributed by atoms with E-state index in [4.69, 9.17) is 4.74 Å². The van der Waals surface area contributed by atoms with Crippen molar-refractivity contribution in [3.05, 3.63) is 66.0 Å². The van der Waals surface area contributed by atoms with Crippen molar-refractivity contribution in [2.24, 2.45) is 0 Å². The number of esters is 1. The minimum absolute atomic E-state index is 0.182. The average Bonchev–Trinajstić information content (AvgIpc) is 2.66. The number of carbonyl (C=O) groups is 3. The lowest BCUT2D eigenvalue weighted by molar-refractivity contribution is -0.153. The Kier molecular flexibility index (Phi) is 7.81. The number of hydrogen-bond acceptors (Lipinski definition) is 5. The van der Waals surface area contributed by atoms with Gasteiger partial charge in [0.25, 0.3) is 5.91 Å². The zero-order valence-corrected chi connectivity index (χ0v) is 15.4. The smallest absolute Gasteiger partial charge is 0.321 e.